The number of benzene rings is 1. The van der Waals surface area contributed by atoms with Gasteiger partial charge in [0.2, 0.25) is 11.2 Å². The zero-order chi connectivity index (χ0) is 15.8. The fourth-order valence-corrected chi connectivity index (χ4v) is 2.76. The van der Waals surface area contributed by atoms with Gasteiger partial charge in [-0.2, -0.15) is 4.98 Å². The third kappa shape index (κ3) is 2.90. The molecule has 1 fully saturated rings. The van der Waals surface area contributed by atoms with E-state index in [0.29, 0.717) is 10.9 Å². The summed E-state index contributed by atoms with van der Waals surface area (Å²) in [6, 6.07) is 12.2. The lowest BCUT2D eigenvalue weighted by Gasteiger charge is -2.39. The average molecular weight is 347 g/mol. The van der Waals surface area contributed by atoms with Gasteiger partial charge in [0.05, 0.1) is 24.8 Å². The number of hydrogen-bond donors (Lipinski definition) is 0. The largest absolute Gasteiger partial charge is 0.469 e. The van der Waals surface area contributed by atoms with Crippen molar-refractivity contribution in [2.24, 2.45) is 0 Å². The van der Waals surface area contributed by atoms with Crippen molar-refractivity contribution in [1.29, 1.82) is 0 Å². The molecule has 3 heterocycles. The van der Waals surface area contributed by atoms with Gasteiger partial charge in [0.15, 0.2) is 0 Å². The van der Waals surface area contributed by atoms with Crippen molar-refractivity contribution in [1.82, 2.24) is 15.0 Å². The highest BCUT2D eigenvalue weighted by atomic mass is 35.5. The maximum atomic E-state index is 6.01. The molecule has 0 amide bonds. The van der Waals surface area contributed by atoms with E-state index in [2.05, 4.69) is 32.0 Å². The third-order valence-electron chi connectivity index (χ3n) is 3.72. The second-order valence-electron chi connectivity index (χ2n) is 5.30. The van der Waals surface area contributed by atoms with E-state index in [-0.39, 0.29) is 11.4 Å². The minimum absolute atomic E-state index is 0.00624. The highest BCUT2D eigenvalue weighted by molar-refractivity contribution is 6.32. The Kier molecular flexibility index (Phi) is 3.67. The maximum absolute atomic E-state index is 6.01. The van der Waals surface area contributed by atoms with Gasteiger partial charge in [-0.3, -0.25) is 0 Å². The predicted octanol–water partition coefficient (Wildman–Crippen LogP) is 3.60. The summed E-state index contributed by atoms with van der Waals surface area (Å²) in [6.07, 6.45) is 1.44. The molecule has 1 saturated heterocycles. The molecule has 4 rings (SSSR count). The summed E-state index contributed by atoms with van der Waals surface area (Å²) in [5, 5.41) is 1.61. The Bertz CT molecular complexity index is 868. The van der Waals surface area contributed by atoms with E-state index in [1.807, 2.05) is 24.3 Å². The molecule has 0 spiro atoms. The van der Waals surface area contributed by atoms with Crippen molar-refractivity contribution in [3.8, 4) is 5.88 Å². The van der Waals surface area contributed by atoms with Crippen LogP contribution in [0.25, 0.3) is 10.9 Å². The number of halogens is 2. The van der Waals surface area contributed by atoms with Crippen molar-refractivity contribution in [3.05, 3.63) is 52.9 Å². The topological polar surface area (TPSA) is 51.1 Å². The molecule has 7 heteroatoms. The Morgan fingerprint density at radius 3 is 2.74 bits per heavy atom. The molecule has 0 bridgehead atoms. The van der Waals surface area contributed by atoms with Gasteiger partial charge in [-0.15, -0.1) is 0 Å². The smallest absolute Gasteiger partial charge is 0.237 e. The Morgan fingerprint density at radius 1 is 1.04 bits per heavy atom. The first-order valence-electron chi connectivity index (χ1n) is 7.14. The Hall–Kier alpha value is -2.11. The number of hydrogen-bond acceptors (Lipinski definition) is 5. The molecule has 0 N–H and O–H groups in total. The first-order chi connectivity index (χ1) is 11.2. The summed E-state index contributed by atoms with van der Waals surface area (Å²) in [5.74, 6) is 1.26. The Morgan fingerprint density at radius 2 is 1.87 bits per heavy atom. The van der Waals surface area contributed by atoms with Crippen LogP contribution in [0, 0.1) is 0 Å². The number of ether oxygens (including phenoxy) is 1. The highest BCUT2D eigenvalue weighted by Gasteiger charge is 2.30. The fraction of sp³-hybridized carbons (Fsp3) is 0.188. The standard InChI is InChI=1S/C16H12Cl2N4O/c17-12-7-19-16(18)21-15(12)23-11-8-22(9-11)14-6-5-10-3-1-2-4-13(10)20-14/h1-7,11H,8-9H2. The number of rotatable bonds is 3. The van der Waals surface area contributed by atoms with Crippen LogP contribution in [0.4, 0.5) is 5.82 Å². The lowest BCUT2D eigenvalue weighted by atomic mass is 10.1. The minimum Gasteiger partial charge on any atom is -0.469 e. The molecular formula is C16H12Cl2N4O. The van der Waals surface area contributed by atoms with Crippen LogP contribution in [0.1, 0.15) is 0 Å². The van der Waals surface area contributed by atoms with Gasteiger partial charge in [0.25, 0.3) is 0 Å². The molecule has 23 heavy (non-hydrogen) atoms. The summed E-state index contributed by atoms with van der Waals surface area (Å²) in [5.41, 5.74) is 0.986. The van der Waals surface area contributed by atoms with Crippen molar-refractivity contribution in [3.63, 3.8) is 0 Å². The summed E-state index contributed by atoms with van der Waals surface area (Å²) in [7, 11) is 0. The number of anilines is 1. The van der Waals surface area contributed by atoms with Gasteiger partial charge >= 0.3 is 0 Å². The van der Waals surface area contributed by atoms with Crippen LogP contribution in [0.15, 0.2) is 42.6 Å². The molecule has 1 aromatic carbocycles. The number of aromatic nitrogens is 3. The zero-order valence-electron chi connectivity index (χ0n) is 12.0. The zero-order valence-corrected chi connectivity index (χ0v) is 13.5. The molecule has 0 radical (unpaired) electrons. The summed E-state index contributed by atoms with van der Waals surface area (Å²) < 4.78 is 5.76. The van der Waals surface area contributed by atoms with Crippen molar-refractivity contribution in [2.75, 3.05) is 18.0 Å². The lowest BCUT2D eigenvalue weighted by Crippen LogP contribution is -2.54. The quantitative estimate of drug-likeness (QED) is 0.678. The monoisotopic (exact) mass is 346 g/mol. The van der Waals surface area contributed by atoms with Crippen LogP contribution in [0.2, 0.25) is 10.3 Å². The van der Waals surface area contributed by atoms with E-state index in [9.17, 15) is 0 Å². The van der Waals surface area contributed by atoms with E-state index in [4.69, 9.17) is 27.9 Å². The van der Waals surface area contributed by atoms with Gasteiger partial charge in [-0.05, 0) is 29.8 Å². The number of fused-ring (bicyclic) bond motifs is 1. The van der Waals surface area contributed by atoms with E-state index < -0.39 is 0 Å². The van der Waals surface area contributed by atoms with Crippen molar-refractivity contribution in [2.45, 2.75) is 6.10 Å². The summed E-state index contributed by atoms with van der Waals surface area (Å²) >= 11 is 11.8. The first kappa shape index (κ1) is 14.5. The average Bonchev–Trinajstić information content (AvgIpc) is 2.53. The number of nitrogens with zero attached hydrogens (tertiary/aromatic N) is 4. The number of para-hydroxylation sites is 1. The lowest BCUT2D eigenvalue weighted by molar-refractivity contribution is 0.160. The fourth-order valence-electron chi connectivity index (χ4n) is 2.50. The molecule has 3 aromatic rings. The van der Waals surface area contributed by atoms with Crippen LogP contribution in [0.3, 0.4) is 0 Å². The SMILES string of the molecule is Clc1ncc(Cl)c(OC2CN(c3ccc4ccccc4n3)C2)n1. The van der Waals surface area contributed by atoms with Crippen molar-refractivity contribution >= 4 is 39.9 Å². The molecule has 0 saturated carbocycles. The van der Waals surface area contributed by atoms with Crippen LogP contribution < -0.4 is 9.64 Å². The van der Waals surface area contributed by atoms with Crippen LogP contribution in [-0.2, 0) is 0 Å². The molecule has 1 aliphatic rings. The van der Waals surface area contributed by atoms with Gasteiger partial charge in [-0.25, -0.2) is 9.97 Å². The normalized spacial score (nSPS) is 14.8. The molecule has 0 unspecified atom stereocenters. The Balaban J connectivity index is 1.45. The summed E-state index contributed by atoms with van der Waals surface area (Å²) in [6.45, 7) is 1.45. The van der Waals surface area contributed by atoms with Gasteiger partial charge in [-0.1, -0.05) is 29.8 Å². The molecular weight excluding hydrogens is 335 g/mol. The molecule has 0 atom stereocenters. The van der Waals surface area contributed by atoms with Gasteiger partial charge < -0.3 is 9.64 Å². The van der Waals surface area contributed by atoms with Crippen LogP contribution >= 0.6 is 23.2 Å². The molecule has 0 aliphatic carbocycles. The third-order valence-corrected chi connectivity index (χ3v) is 4.16. The molecule has 1 aliphatic heterocycles. The second kappa shape index (κ2) is 5.83. The van der Waals surface area contributed by atoms with Gasteiger partial charge in [0, 0.05) is 5.39 Å². The highest BCUT2D eigenvalue weighted by Crippen LogP contribution is 2.27. The number of pyridine rings is 1. The van der Waals surface area contributed by atoms with E-state index in [1.165, 1.54) is 6.20 Å². The summed E-state index contributed by atoms with van der Waals surface area (Å²) in [4.78, 5) is 14.6. The molecule has 2 aromatic heterocycles. The van der Waals surface area contributed by atoms with Crippen LogP contribution in [-0.4, -0.2) is 34.1 Å². The predicted molar refractivity (Wildman–Crippen MR) is 90.4 cm³/mol. The Labute approximate surface area is 142 Å². The van der Waals surface area contributed by atoms with Gasteiger partial charge in [0.1, 0.15) is 16.9 Å². The second-order valence-corrected chi connectivity index (χ2v) is 6.04. The molecule has 116 valence electrons. The molecule has 5 nitrogen and oxygen atoms in total. The van der Waals surface area contributed by atoms with Crippen molar-refractivity contribution < 1.29 is 4.74 Å². The first-order valence-corrected chi connectivity index (χ1v) is 7.90. The van der Waals surface area contributed by atoms with E-state index in [1.54, 1.807) is 0 Å². The van der Waals surface area contributed by atoms with E-state index in [0.717, 1.165) is 29.8 Å². The van der Waals surface area contributed by atoms with E-state index >= 15 is 0 Å². The van der Waals surface area contributed by atoms with Crippen LogP contribution in [0.5, 0.6) is 5.88 Å². The maximum Gasteiger partial charge on any atom is 0.237 e. The minimum atomic E-state index is 0.00624.